The van der Waals surface area contributed by atoms with E-state index in [-0.39, 0.29) is 40.9 Å². The zero-order chi connectivity index (χ0) is 12.4. The first-order chi connectivity index (χ1) is 8.08. The number of benzene rings is 1. The number of hydrogen-bond acceptors (Lipinski definition) is 4. The number of rotatable bonds is 3. The normalized spacial score (nSPS) is 9.83. The number of carbonyl (C=O) groups is 1. The Morgan fingerprint density at radius 2 is 2.22 bits per heavy atom. The van der Waals surface area contributed by atoms with Gasteiger partial charge >= 0.3 is 29.6 Å². The molecule has 0 saturated carbocycles. The van der Waals surface area contributed by atoms with E-state index < -0.39 is 5.97 Å². The molecule has 0 aliphatic heterocycles. The molecular weight excluding hydrogens is 265 g/mol. The van der Waals surface area contributed by atoms with Crippen LogP contribution in [0.15, 0.2) is 30.5 Å². The Morgan fingerprint density at radius 3 is 2.78 bits per heavy atom. The second-order valence-electron chi connectivity index (χ2n) is 3.52. The number of carboxylic acids is 1. The van der Waals surface area contributed by atoms with E-state index in [4.69, 9.17) is 17.3 Å². The van der Waals surface area contributed by atoms with E-state index in [2.05, 4.69) is 5.10 Å². The number of nitrogens with zero attached hydrogens (tertiary/aromatic N) is 2. The number of carboxylic acid groups (broad SMARTS) is 1. The fourth-order valence-electron chi connectivity index (χ4n) is 1.49. The van der Waals surface area contributed by atoms with E-state index in [1.807, 2.05) is 6.07 Å². The molecule has 0 amide bonds. The molecule has 5 nitrogen and oxygen atoms in total. The minimum atomic E-state index is -1.33. The Hall–Kier alpha value is -1.01. The first kappa shape index (κ1) is 15.0. The van der Waals surface area contributed by atoms with Crippen LogP contribution >= 0.6 is 11.6 Å². The first-order valence-corrected chi connectivity index (χ1v) is 5.23. The minimum Gasteiger partial charge on any atom is -0.545 e. The fourth-order valence-corrected chi connectivity index (χ4v) is 1.70. The molecule has 0 saturated heterocycles. The van der Waals surface area contributed by atoms with Gasteiger partial charge < -0.3 is 15.6 Å². The molecule has 0 unspecified atom stereocenters. The van der Waals surface area contributed by atoms with Gasteiger partial charge in [0.15, 0.2) is 0 Å². The molecule has 0 fully saturated rings. The summed E-state index contributed by atoms with van der Waals surface area (Å²) in [5, 5.41) is 15.2. The first-order valence-electron chi connectivity index (χ1n) is 4.85. The molecule has 0 radical (unpaired) electrons. The summed E-state index contributed by atoms with van der Waals surface area (Å²) in [5.41, 5.74) is 6.42. The molecule has 2 aromatic rings. The van der Waals surface area contributed by atoms with E-state index in [9.17, 15) is 9.90 Å². The maximum Gasteiger partial charge on any atom is 1.00 e. The van der Waals surface area contributed by atoms with Crippen LogP contribution in [0, 0.1) is 0 Å². The Kier molecular flexibility index (Phi) is 5.22. The van der Waals surface area contributed by atoms with Gasteiger partial charge in [-0.1, -0.05) is 23.7 Å². The second kappa shape index (κ2) is 6.24. The third-order valence-corrected chi connectivity index (χ3v) is 2.56. The fraction of sp³-hybridized carbons (Fsp3) is 0.0909. The van der Waals surface area contributed by atoms with E-state index in [0.717, 1.165) is 5.56 Å². The van der Waals surface area contributed by atoms with Crippen molar-refractivity contribution in [3.8, 4) is 0 Å². The van der Waals surface area contributed by atoms with Gasteiger partial charge in [-0.25, -0.2) is 4.68 Å². The van der Waals surface area contributed by atoms with Crippen molar-refractivity contribution in [3.63, 3.8) is 0 Å². The molecule has 1 aromatic carbocycles. The Morgan fingerprint density at radius 1 is 1.50 bits per heavy atom. The maximum absolute atomic E-state index is 10.7. The molecule has 18 heavy (non-hydrogen) atoms. The van der Waals surface area contributed by atoms with Gasteiger partial charge in [0, 0.05) is 5.02 Å². The number of nitrogen functional groups attached to an aromatic ring is 1. The van der Waals surface area contributed by atoms with Crippen molar-refractivity contribution < 1.29 is 39.5 Å². The number of aromatic nitrogens is 2. The van der Waals surface area contributed by atoms with Crippen LogP contribution < -0.4 is 40.4 Å². The summed E-state index contributed by atoms with van der Waals surface area (Å²) in [5.74, 6) is -1.26. The summed E-state index contributed by atoms with van der Waals surface area (Å²) in [6.45, 7) is 0.361. The summed E-state index contributed by atoms with van der Waals surface area (Å²) < 4.78 is 1.39. The van der Waals surface area contributed by atoms with E-state index in [1.54, 1.807) is 18.2 Å². The van der Waals surface area contributed by atoms with E-state index in [0.29, 0.717) is 11.6 Å². The third kappa shape index (κ3) is 3.26. The van der Waals surface area contributed by atoms with Crippen molar-refractivity contribution >= 4 is 23.4 Å². The molecular formula is C11H9ClN3NaO2. The molecule has 88 valence electrons. The number of anilines is 1. The standard InChI is InChI=1S/C11H10ClN3O2.Na/c12-8-3-1-2-7(4-8)6-15-10(13)9(5-14-15)11(16)17;/h1-5H,6,13H2,(H,16,17);/q;+1/p-1. The van der Waals surface area contributed by atoms with Crippen molar-refractivity contribution in [1.82, 2.24) is 9.78 Å². The van der Waals surface area contributed by atoms with Gasteiger partial charge in [-0.3, -0.25) is 0 Å². The maximum atomic E-state index is 10.7. The zero-order valence-corrected chi connectivity index (χ0v) is 12.5. The van der Waals surface area contributed by atoms with Crippen molar-refractivity contribution in [3.05, 3.63) is 46.6 Å². The van der Waals surface area contributed by atoms with Crippen LogP contribution in [-0.2, 0) is 6.54 Å². The molecule has 0 aliphatic rings. The molecule has 0 spiro atoms. The number of carbonyl (C=O) groups excluding carboxylic acids is 1. The average molecular weight is 274 g/mol. The average Bonchev–Trinajstić information content (AvgIpc) is 2.61. The van der Waals surface area contributed by atoms with Crippen LogP contribution in [-0.4, -0.2) is 15.7 Å². The molecule has 0 bridgehead atoms. The van der Waals surface area contributed by atoms with Crippen LogP contribution in [0.3, 0.4) is 0 Å². The minimum absolute atomic E-state index is 0. The summed E-state index contributed by atoms with van der Waals surface area (Å²) in [7, 11) is 0. The summed E-state index contributed by atoms with van der Waals surface area (Å²) in [6.07, 6.45) is 1.18. The molecule has 7 heteroatoms. The van der Waals surface area contributed by atoms with Crippen LogP contribution in [0.1, 0.15) is 15.9 Å². The molecule has 0 atom stereocenters. The molecule has 1 aromatic heterocycles. The number of halogens is 1. The van der Waals surface area contributed by atoms with Gasteiger partial charge in [0.1, 0.15) is 5.82 Å². The van der Waals surface area contributed by atoms with Crippen LogP contribution in [0.4, 0.5) is 5.82 Å². The number of aromatic carboxylic acids is 1. The monoisotopic (exact) mass is 273 g/mol. The molecule has 1 heterocycles. The van der Waals surface area contributed by atoms with Gasteiger partial charge in [-0.15, -0.1) is 0 Å². The predicted molar refractivity (Wildman–Crippen MR) is 61.5 cm³/mol. The predicted octanol–water partition coefficient (Wildman–Crippen LogP) is -2.47. The van der Waals surface area contributed by atoms with Crippen LogP contribution in [0.5, 0.6) is 0 Å². The van der Waals surface area contributed by atoms with Gasteiger partial charge in [-0.05, 0) is 17.7 Å². The molecule has 2 N–H and O–H groups in total. The molecule has 2 rings (SSSR count). The number of hydrogen-bond donors (Lipinski definition) is 1. The summed E-state index contributed by atoms with van der Waals surface area (Å²) in [4.78, 5) is 10.7. The van der Waals surface area contributed by atoms with E-state index in [1.165, 1.54) is 10.9 Å². The smallest absolute Gasteiger partial charge is 0.545 e. The SMILES string of the molecule is Nc1c(C(=O)[O-])cnn1Cc1cccc(Cl)c1.[Na+]. The van der Waals surface area contributed by atoms with Crippen molar-refractivity contribution in [2.75, 3.05) is 5.73 Å². The second-order valence-corrected chi connectivity index (χ2v) is 3.95. The van der Waals surface area contributed by atoms with Gasteiger partial charge in [-0.2, -0.15) is 5.10 Å². The zero-order valence-electron chi connectivity index (χ0n) is 9.76. The Balaban J connectivity index is 0.00000162. The van der Waals surface area contributed by atoms with Crippen molar-refractivity contribution in [1.29, 1.82) is 0 Å². The van der Waals surface area contributed by atoms with Gasteiger partial charge in [0.05, 0.1) is 24.3 Å². The van der Waals surface area contributed by atoms with Crippen LogP contribution in [0.2, 0.25) is 5.02 Å². The van der Waals surface area contributed by atoms with Crippen molar-refractivity contribution in [2.45, 2.75) is 6.54 Å². The Bertz CT molecular complexity index is 571. The van der Waals surface area contributed by atoms with Gasteiger partial charge in [0.25, 0.3) is 0 Å². The van der Waals surface area contributed by atoms with E-state index >= 15 is 0 Å². The number of nitrogens with two attached hydrogens (primary N) is 1. The summed E-state index contributed by atoms with van der Waals surface area (Å²) in [6, 6.07) is 7.17. The quantitative estimate of drug-likeness (QED) is 0.629. The van der Waals surface area contributed by atoms with Crippen LogP contribution in [0.25, 0.3) is 0 Å². The van der Waals surface area contributed by atoms with Crippen molar-refractivity contribution in [2.24, 2.45) is 0 Å². The topological polar surface area (TPSA) is 84.0 Å². The largest absolute Gasteiger partial charge is 1.00 e. The summed E-state index contributed by atoms with van der Waals surface area (Å²) >= 11 is 5.84. The Labute approximate surface area is 131 Å². The third-order valence-electron chi connectivity index (χ3n) is 2.32. The van der Waals surface area contributed by atoms with Gasteiger partial charge in [0.2, 0.25) is 0 Å². The molecule has 0 aliphatic carbocycles.